The van der Waals surface area contributed by atoms with Gasteiger partial charge in [-0.1, -0.05) is 0 Å². The van der Waals surface area contributed by atoms with Crippen LogP contribution in [0.2, 0.25) is 0 Å². The Bertz CT molecular complexity index is 1260. The van der Waals surface area contributed by atoms with Gasteiger partial charge in [0.05, 0.1) is 18.8 Å². The number of alkyl halides is 2. The second-order valence-electron chi connectivity index (χ2n) is 11.9. The number of piperazine rings is 1. The third-order valence-corrected chi connectivity index (χ3v) is 7.36. The van der Waals surface area contributed by atoms with Crippen LogP contribution in [0.5, 0.6) is 0 Å². The van der Waals surface area contributed by atoms with Gasteiger partial charge in [0.25, 0.3) is 6.43 Å². The molecule has 3 aliphatic rings. The number of halogens is 2. The maximum atomic E-state index is 13.6. The van der Waals surface area contributed by atoms with E-state index in [1.54, 1.807) is 4.90 Å². The summed E-state index contributed by atoms with van der Waals surface area (Å²) in [6.45, 7) is 12.3. The van der Waals surface area contributed by atoms with Crippen molar-refractivity contribution in [3.8, 4) is 11.4 Å². The molecular formula is C28H42F2N10O4. The number of piperidine rings is 1. The van der Waals surface area contributed by atoms with Crippen LogP contribution in [0.1, 0.15) is 45.7 Å². The van der Waals surface area contributed by atoms with Crippen LogP contribution in [0, 0.1) is 5.92 Å². The molecule has 3 aliphatic heterocycles. The molecule has 0 spiro atoms. The van der Waals surface area contributed by atoms with E-state index >= 15 is 0 Å². The summed E-state index contributed by atoms with van der Waals surface area (Å²) in [7, 11) is 2.05. The van der Waals surface area contributed by atoms with Gasteiger partial charge in [-0.25, -0.2) is 23.5 Å². The van der Waals surface area contributed by atoms with Crippen molar-refractivity contribution in [1.82, 2.24) is 34.7 Å². The zero-order valence-electron chi connectivity index (χ0n) is 25.8. The Morgan fingerprint density at radius 2 is 1.57 bits per heavy atom. The molecule has 0 atom stereocenters. The summed E-state index contributed by atoms with van der Waals surface area (Å²) < 4.78 is 37.8. The standard InChI is InChI=1S/C17H23F2N9O.C11H19NO3/c1-26-2-4-27(5-3-26)16-23-14(11-10-21-15(20)22-12(11)13(18)19)24-17(25-16)28-6-8-29-9-7-28;1-11(2,3)15-10(14)12-6-4-9(8-13)5-7-12/h10,13H,2-9H2,1H3,(H2,20,21,22);8-9H,4-7H2,1-3H3. The minimum Gasteiger partial charge on any atom is -0.444 e. The Hall–Kier alpha value is -3.79. The van der Waals surface area contributed by atoms with E-state index in [4.69, 9.17) is 15.2 Å². The Labute approximate surface area is 255 Å². The number of hydrogen-bond donors (Lipinski definition) is 1. The zero-order valence-corrected chi connectivity index (χ0v) is 25.8. The van der Waals surface area contributed by atoms with Gasteiger partial charge >= 0.3 is 6.09 Å². The topological polar surface area (TPSA) is 156 Å². The summed E-state index contributed by atoms with van der Waals surface area (Å²) in [6.07, 6.45) is 0.631. The van der Waals surface area contributed by atoms with Crippen molar-refractivity contribution < 1.29 is 27.8 Å². The van der Waals surface area contributed by atoms with Crippen molar-refractivity contribution in [3.63, 3.8) is 0 Å². The molecule has 0 bridgehead atoms. The molecule has 2 aromatic rings. The summed E-state index contributed by atoms with van der Waals surface area (Å²) in [5, 5.41) is 0. The number of anilines is 3. The van der Waals surface area contributed by atoms with Crippen molar-refractivity contribution in [2.45, 2.75) is 45.6 Å². The van der Waals surface area contributed by atoms with Crippen molar-refractivity contribution in [2.24, 2.45) is 5.92 Å². The zero-order chi connectivity index (χ0) is 31.9. The number of carbonyl (C=O) groups is 2. The van der Waals surface area contributed by atoms with Gasteiger partial charge in [-0.2, -0.15) is 15.0 Å². The van der Waals surface area contributed by atoms with E-state index < -0.39 is 17.7 Å². The van der Waals surface area contributed by atoms with E-state index in [2.05, 4.69) is 36.9 Å². The number of amides is 1. The van der Waals surface area contributed by atoms with Gasteiger partial charge in [-0.05, 0) is 40.7 Å². The van der Waals surface area contributed by atoms with E-state index in [1.807, 2.05) is 30.6 Å². The molecular weight excluding hydrogens is 578 g/mol. The molecule has 14 nitrogen and oxygen atoms in total. The average Bonchev–Trinajstić information content (AvgIpc) is 3.01. The Balaban J connectivity index is 0.000000249. The van der Waals surface area contributed by atoms with Crippen LogP contribution in [0.4, 0.5) is 31.4 Å². The first-order valence-corrected chi connectivity index (χ1v) is 14.8. The second kappa shape index (κ2) is 14.8. The molecule has 3 saturated heterocycles. The van der Waals surface area contributed by atoms with Crippen LogP contribution in [-0.4, -0.2) is 125 Å². The van der Waals surface area contributed by atoms with Gasteiger partial charge in [0, 0.05) is 64.5 Å². The fraction of sp³-hybridized carbons (Fsp3) is 0.679. The third kappa shape index (κ3) is 9.11. The first kappa shape index (κ1) is 33.1. The fourth-order valence-corrected chi connectivity index (χ4v) is 4.82. The molecule has 16 heteroatoms. The molecule has 3 fully saturated rings. The molecule has 44 heavy (non-hydrogen) atoms. The second-order valence-corrected chi connectivity index (χ2v) is 11.9. The summed E-state index contributed by atoms with van der Waals surface area (Å²) in [5.74, 6) is 0.908. The lowest BCUT2D eigenvalue weighted by Crippen LogP contribution is -2.45. The number of hydrogen-bond acceptors (Lipinski definition) is 13. The van der Waals surface area contributed by atoms with Crippen molar-refractivity contribution in [2.75, 3.05) is 88.2 Å². The molecule has 5 rings (SSSR count). The number of aromatic nitrogens is 5. The molecule has 0 aliphatic carbocycles. The SMILES string of the molecule is CC(C)(C)OC(=O)N1CCC(C=O)CC1.CN1CCN(c2nc(-c3cnc(N)nc3C(F)F)nc(N3CCOCC3)n2)CC1. The fourth-order valence-electron chi connectivity index (χ4n) is 4.82. The molecule has 242 valence electrons. The summed E-state index contributed by atoms with van der Waals surface area (Å²) in [6, 6.07) is 0. The Kier molecular flexibility index (Phi) is 11.1. The summed E-state index contributed by atoms with van der Waals surface area (Å²) >= 11 is 0. The lowest BCUT2D eigenvalue weighted by Gasteiger charge is -2.33. The molecule has 0 radical (unpaired) electrons. The molecule has 5 heterocycles. The van der Waals surface area contributed by atoms with Gasteiger partial charge in [0.2, 0.25) is 17.8 Å². The minimum atomic E-state index is -2.83. The minimum absolute atomic E-state index is 0.0569. The van der Waals surface area contributed by atoms with Gasteiger partial charge in [-0.3, -0.25) is 0 Å². The highest BCUT2D eigenvalue weighted by molar-refractivity contribution is 5.68. The highest BCUT2D eigenvalue weighted by atomic mass is 19.3. The number of nitrogen functional groups attached to an aromatic ring is 1. The van der Waals surface area contributed by atoms with Crippen LogP contribution in [-0.2, 0) is 14.3 Å². The third-order valence-electron chi connectivity index (χ3n) is 7.36. The lowest BCUT2D eigenvalue weighted by atomic mass is 9.99. The first-order chi connectivity index (χ1) is 20.9. The van der Waals surface area contributed by atoms with Crippen LogP contribution in [0.15, 0.2) is 6.20 Å². The summed E-state index contributed by atoms with van der Waals surface area (Å²) in [4.78, 5) is 51.2. The van der Waals surface area contributed by atoms with E-state index in [0.29, 0.717) is 51.3 Å². The molecule has 0 saturated carbocycles. The monoisotopic (exact) mass is 620 g/mol. The highest BCUT2D eigenvalue weighted by Crippen LogP contribution is 2.30. The number of morpholine rings is 1. The maximum Gasteiger partial charge on any atom is 0.410 e. The largest absolute Gasteiger partial charge is 0.444 e. The predicted octanol–water partition coefficient (Wildman–Crippen LogP) is 2.27. The summed E-state index contributed by atoms with van der Waals surface area (Å²) in [5.41, 5.74) is 4.63. The maximum absolute atomic E-state index is 13.6. The van der Waals surface area contributed by atoms with E-state index in [9.17, 15) is 18.4 Å². The van der Waals surface area contributed by atoms with Crippen molar-refractivity contribution in [3.05, 3.63) is 11.9 Å². The van der Waals surface area contributed by atoms with Crippen LogP contribution < -0.4 is 15.5 Å². The van der Waals surface area contributed by atoms with Crippen molar-refractivity contribution >= 4 is 30.2 Å². The number of ether oxygens (including phenoxy) is 2. The molecule has 2 aromatic heterocycles. The smallest absolute Gasteiger partial charge is 0.410 e. The van der Waals surface area contributed by atoms with E-state index in [1.165, 1.54) is 6.20 Å². The molecule has 1 amide bonds. The van der Waals surface area contributed by atoms with Gasteiger partial charge < -0.3 is 39.6 Å². The van der Waals surface area contributed by atoms with E-state index in [-0.39, 0.29) is 29.3 Å². The van der Waals surface area contributed by atoms with Gasteiger partial charge in [0.15, 0.2) is 5.82 Å². The number of aldehydes is 1. The normalized spacial score (nSPS) is 18.6. The Morgan fingerprint density at radius 1 is 0.977 bits per heavy atom. The highest BCUT2D eigenvalue weighted by Gasteiger charge is 2.27. The molecule has 0 unspecified atom stereocenters. The van der Waals surface area contributed by atoms with Crippen LogP contribution >= 0.6 is 0 Å². The van der Waals surface area contributed by atoms with Crippen LogP contribution in [0.3, 0.4) is 0 Å². The first-order valence-electron chi connectivity index (χ1n) is 14.8. The van der Waals surface area contributed by atoms with Gasteiger partial charge in [0.1, 0.15) is 17.6 Å². The van der Waals surface area contributed by atoms with E-state index in [0.717, 1.165) is 45.3 Å². The number of rotatable bonds is 5. The number of likely N-dealkylation sites (tertiary alicyclic amines) is 1. The number of nitrogens with two attached hydrogens (primary N) is 1. The number of carbonyl (C=O) groups excluding carboxylic acids is 2. The Morgan fingerprint density at radius 3 is 2.11 bits per heavy atom. The van der Waals surface area contributed by atoms with Crippen molar-refractivity contribution in [1.29, 1.82) is 0 Å². The lowest BCUT2D eigenvalue weighted by molar-refractivity contribution is -0.112. The quantitative estimate of drug-likeness (QED) is 0.486. The number of nitrogens with zero attached hydrogens (tertiary/aromatic N) is 9. The number of likely N-dealkylation sites (N-methyl/N-ethyl adjacent to an activating group) is 1. The predicted molar refractivity (Wildman–Crippen MR) is 160 cm³/mol. The average molecular weight is 621 g/mol. The molecule has 2 N–H and O–H groups in total. The van der Waals surface area contributed by atoms with Crippen LogP contribution in [0.25, 0.3) is 11.4 Å². The van der Waals surface area contributed by atoms with Gasteiger partial charge in [-0.15, -0.1) is 0 Å². The molecule has 0 aromatic carbocycles.